The molecule has 216 valence electrons. The number of pyridine rings is 1. The number of hydrogen-bond acceptors (Lipinski definition) is 7. The molecule has 0 radical (unpaired) electrons. The van der Waals surface area contributed by atoms with Crippen molar-refractivity contribution < 1.29 is 28.5 Å². The van der Waals surface area contributed by atoms with E-state index < -0.39 is 23.5 Å². The Morgan fingerprint density at radius 2 is 1.93 bits per heavy atom. The van der Waals surface area contributed by atoms with E-state index in [1.165, 1.54) is 43.7 Å². The summed E-state index contributed by atoms with van der Waals surface area (Å²) in [5.74, 6) is -1.25. The number of carboxylic acid groups (broad SMARTS) is 1. The number of hydrogen-bond donors (Lipinski definition) is 1. The molecular weight excluding hydrogens is 666 g/mol. The summed E-state index contributed by atoms with van der Waals surface area (Å²) in [6.45, 7) is 2.61. The smallest absolute Gasteiger partial charge is 0.344 e. The number of aliphatic carboxylic acids is 1. The maximum absolute atomic E-state index is 13.5. The minimum Gasteiger partial charge on any atom is -0.479 e. The van der Waals surface area contributed by atoms with Crippen LogP contribution in [0.15, 0.2) is 67.4 Å². The Kier molecular flexibility index (Phi) is 10.4. The highest BCUT2D eigenvalue weighted by atomic mass is 79.9. The molecule has 2 aromatic heterocycles. The van der Waals surface area contributed by atoms with E-state index in [2.05, 4.69) is 31.0 Å². The van der Waals surface area contributed by atoms with Gasteiger partial charge in [0.05, 0.1) is 18.2 Å². The molecule has 1 saturated heterocycles. The molecule has 9 nitrogen and oxygen atoms in total. The number of alkyl halides is 1. The summed E-state index contributed by atoms with van der Waals surface area (Å²) in [5, 5.41) is 14.3. The van der Waals surface area contributed by atoms with Crippen molar-refractivity contribution in [1.82, 2.24) is 19.7 Å². The molecule has 0 saturated carbocycles. The molecule has 4 aromatic rings. The fourth-order valence-electron chi connectivity index (χ4n) is 3.97. The van der Waals surface area contributed by atoms with Crippen molar-refractivity contribution in [3.63, 3.8) is 0 Å². The van der Waals surface area contributed by atoms with Gasteiger partial charge in [-0.25, -0.2) is 23.8 Å². The van der Waals surface area contributed by atoms with E-state index in [1.807, 2.05) is 12.1 Å². The van der Waals surface area contributed by atoms with Crippen LogP contribution in [0.5, 0.6) is 17.4 Å². The molecule has 0 spiro atoms. The summed E-state index contributed by atoms with van der Waals surface area (Å²) in [7, 11) is 0. The molecule has 14 heteroatoms. The number of ether oxygens (including phenoxy) is 3. The molecule has 0 aliphatic carbocycles. The van der Waals surface area contributed by atoms with E-state index in [1.54, 1.807) is 17.1 Å². The Hall–Kier alpha value is -2.96. The minimum atomic E-state index is -1.07. The number of nitrogens with zero attached hydrogens (tertiary/aromatic N) is 4. The van der Waals surface area contributed by atoms with E-state index in [-0.39, 0.29) is 15.7 Å². The van der Waals surface area contributed by atoms with Crippen LogP contribution in [0, 0.1) is 5.82 Å². The van der Waals surface area contributed by atoms with E-state index in [0.717, 1.165) is 18.1 Å². The molecule has 1 aliphatic heterocycles. The Bertz CT molecular complexity index is 1480. The SMILES string of the molecule is C[C@@H](Oc1ccc(Oc2ncc(Cl)cc2F)cc1)C(=O)O.Clc1ccc(C2(Cn3cncn3)CC(Br)CO2)c(Cl)c1. The van der Waals surface area contributed by atoms with E-state index in [9.17, 15) is 9.18 Å². The second-order valence-electron chi connectivity index (χ2n) is 8.94. The molecular formula is C27H23BrCl3FN4O5. The predicted molar refractivity (Wildman–Crippen MR) is 155 cm³/mol. The Morgan fingerprint density at radius 1 is 1.20 bits per heavy atom. The normalized spacial score (nSPS) is 18.7. The summed E-state index contributed by atoms with van der Waals surface area (Å²) in [4.78, 5) is 18.7. The minimum absolute atomic E-state index is 0.172. The quantitative estimate of drug-likeness (QED) is 0.194. The first-order chi connectivity index (χ1) is 19.5. The van der Waals surface area contributed by atoms with Gasteiger partial charge in [-0.3, -0.25) is 0 Å². The lowest BCUT2D eigenvalue weighted by atomic mass is 9.90. The molecule has 1 N–H and O–H groups in total. The van der Waals surface area contributed by atoms with Crippen LogP contribution >= 0.6 is 50.7 Å². The van der Waals surface area contributed by atoms with Gasteiger partial charge in [0.15, 0.2) is 11.9 Å². The number of rotatable bonds is 8. The lowest BCUT2D eigenvalue weighted by Gasteiger charge is -2.29. The largest absolute Gasteiger partial charge is 0.479 e. The molecule has 0 bridgehead atoms. The molecule has 1 fully saturated rings. The van der Waals surface area contributed by atoms with Crippen molar-refractivity contribution in [2.45, 2.75) is 36.4 Å². The lowest BCUT2D eigenvalue weighted by molar-refractivity contribution is -0.144. The predicted octanol–water partition coefficient (Wildman–Crippen LogP) is 7.18. The highest BCUT2D eigenvalue weighted by molar-refractivity contribution is 9.09. The number of aromatic nitrogens is 4. The van der Waals surface area contributed by atoms with Crippen LogP contribution in [0.25, 0.3) is 0 Å². The van der Waals surface area contributed by atoms with Crippen LogP contribution in [0.3, 0.4) is 0 Å². The zero-order chi connectivity index (χ0) is 29.6. The Morgan fingerprint density at radius 3 is 2.51 bits per heavy atom. The monoisotopic (exact) mass is 686 g/mol. The Labute approximate surface area is 258 Å². The summed E-state index contributed by atoms with van der Waals surface area (Å²) < 4.78 is 31.8. The van der Waals surface area contributed by atoms with Gasteiger partial charge in [0, 0.05) is 26.6 Å². The fraction of sp³-hybridized carbons (Fsp3) is 0.259. The number of carboxylic acids is 1. The molecule has 0 amide bonds. The van der Waals surface area contributed by atoms with Crippen LogP contribution < -0.4 is 9.47 Å². The van der Waals surface area contributed by atoms with Crippen molar-refractivity contribution in [2.75, 3.05) is 6.61 Å². The third-order valence-electron chi connectivity index (χ3n) is 5.87. The molecule has 1 aliphatic rings. The first kappa shape index (κ1) is 31.0. The van der Waals surface area contributed by atoms with Gasteiger partial charge >= 0.3 is 5.97 Å². The van der Waals surface area contributed by atoms with Crippen molar-refractivity contribution in [3.05, 3.63) is 93.8 Å². The second-order valence-corrected chi connectivity index (χ2v) is 11.5. The first-order valence-electron chi connectivity index (χ1n) is 12.1. The first-order valence-corrected chi connectivity index (χ1v) is 14.1. The summed E-state index contributed by atoms with van der Waals surface area (Å²) in [5.41, 5.74) is 0.421. The molecule has 3 heterocycles. The number of benzene rings is 2. The topological polar surface area (TPSA) is 109 Å². The summed E-state index contributed by atoms with van der Waals surface area (Å²) in [6.07, 6.45) is 4.31. The third-order valence-corrected chi connectivity index (χ3v) is 7.21. The lowest BCUT2D eigenvalue weighted by Crippen LogP contribution is -2.31. The average Bonchev–Trinajstić information content (AvgIpc) is 3.57. The average molecular weight is 689 g/mol. The van der Waals surface area contributed by atoms with Crippen LogP contribution in [0.1, 0.15) is 18.9 Å². The molecule has 5 rings (SSSR count). The summed E-state index contributed by atoms with van der Waals surface area (Å²) >= 11 is 21.5. The number of halogens is 5. The second kappa shape index (κ2) is 13.8. The van der Waals surface area contributed by atoms with E-state index >= 15 is 0 Å². The van der Waals surface area contributed by atoms with Gasteiger partial charge in [-0.05, 0) is 55.8 Å². The molecule has 2 unspecified atom stereocenters. The van der Waals surface area contributed by atoms with Crippen molar-refractivity contribution in [2.24, 2.45) is 0 Å². The van der Waals surface area contributed by atoms with Gasteiger partial charge < -0.3 is 19.3 Å². The van der Waals surface area contributed by atoms with Gasteiger partial charge in [0.25, 0.3) is 5.88 Å². The molecule has 41 heavy (non-hydrogen) atoms. The Balaban J connectivity index is 0.000000189. The molecule has 2 aromatic carbocycles. The van der Waals surface area contributed by atoms with Gasteiger partial charge in [-0.1, -0.05) is 56.8 Å². The standard InChI is InChI=1S/C14H11ClFNO4.C13H12BrCl2N3O/c1-8(14(18)19)20-10-2-4-11(5-3-10)21-13-12(16)6-9(15)7-17-13;14-9-4-13(20-5-9,6-19-8-17-7-18-19)11-2-1-10(15)3-12(11)16/h2-8H,1H3,(H,18,19);1-3,7-9H,4-6H2/t8-;/m1./s1. The molecule has 3 atom stereocenters. The third kappa shape index (κ3) is 8.30. The zero-order valence-corrected chi connectivity index (χ0v) is 25.2. The maximum atomic E-state index is 13.5. The van der Waals surface area contributed by atoms with Crippen molar-refractivity contribution in [3.8, 4) is 17.4 Å². The van der Waals surface area contributed by atoms with Crippen LogP contribution in [-0.2, 0) is 21.7 Å². The summed E-state index contributed by atoms with van der Waals surface area (Å²) in [6, 6.07) is 12.6. The van der Waals surface area contributed by atoms with Gasteiger partial charge in [-0.15, -0.1) is 0 Å². The van der Waals surface area contributed by atoms with Crippen LogP contribution in [0.2, 0.25) is 15.1 Å². The maximum Gasteiger partial charge on any atom is 0.344 e. The van der Waals surface area contributed by atoms with E-state index in [0.29, 0.717) is 34.7 Å². The van der Waals surface area contributed by atoms with E-state index in [4.69, 9.17) is 54.1 Å². The van der Waals surface area contributed by atoms with Crippen LogP contribution in [-0.4, -0.2) is 48.4 Å². The van der Waals surface area contributed by atoms with Crippen LogP contribution in [0.4, 0.5) is 4.39 Å². The number of carbonyl (C=O) groups is 1. The van der Waals surface area contributed by atoms with Crippen molar-refractivity contribution >= 4 is 56.7 Å². The highest BCUT2D eigenvalue weighted by Crippen LogP contribution is 2.43. The fourth-order valence-corrected chi connectivity index (χ4v) is 5.35. The highest BCUT2D eigenvalue weighted by Gasteiger charge is 2.43. The van der Waals surface area contributed by atoms with Gasteiger partial charge in [-0.2, -0.15) is 5.10 Å². The van der Waals surface area contributed by atoms with Gasteiger partial charge in [0.2, 0.25) is 0 Å². The van der Waals surface area contributed by atoms with Gasteiger partial charge in [0.1, 0.15) is 29.8 Å². The zero-order valence-electron chi connectivity index (χ0n) is 21.4. The van der Waals surface area contributed by atoms with Crippen molar-refractivity contribution in [1.29, 1.82) is 0 Å².